The van der Waals surface area contributed by atoms with Gasteiger partial charge in [0.15, 0.2) is 0 Å². The molecule has 3 fully saturated rings. The van der Waals surface area contributed by atoms with Gasteiger partial charge in [-0.25, -0.2) is 4.79 Å². The Bertz CT molecular complexity index is 1070. The van der Waals surface area contributed by atoms with E-state index in [2.05, 4.69) is 48.7 Å². The highest BCUT2D eigenvalue weighted by Gasteiger charge is 2.72. The molecule has 11 nitrogen and oxygen atoms in total. The van der Waals surface area contributed by atoms with Crippen molar-refractivity contribution in [2.45, 2.75) is 114 Å². The number of carbonyl (C=O) groups is 3. The minimum absolute atomic E-state index is 0.00705. The molecule has 0 radical (unpaired) electrons. The molecule has 3 amide bonds. The van der Waals surface area contributed by atoms with Crippen molar-refractivity contribution in [3.8, 4) is 0 Å². The van der Waals surface area contributed by atoms with Gasteiger partial charge in [-0.3, -0.25) is 9.59 Å². The Hall–Kier alpha value is -2.06. The largest absolute Gasteiger partial charge is 0.447 e. The van der Waals surface area contributed by atoms with Crippen LogP contribution in [0.25, 0.3) is 0 Å². The summed E-state index contributed by atoms with van der Waals surface area (Å²) in [5, 5.41) is 8.23. The van der Waals surface area contributed by atoms with Crippen molar-refractivity contribution < 1.29 is 37.8 Å². The first-order chi connectivity index (χ1) is 21.4. The van der Waals surface area contributed by atoms with Gasteiger partial charge in [0, 0.05) is 31.4 Å². The Labute approximate surface area is 270 Å². The van der Waals surface area contributed by atoms with E-state index in [1.807, 2.05) is 13.8 Å². The maximum Gasteiger partial charge on any atom is 0.407 e. The summed E-state index contributed by atoms with van der Waals surface area (Å²) < 4.78 is 35.8. The topological polar surface area (TPSA) is 143 Å². The third-order valence-electron chi connectivity index (χ3n) is 9.27. The molecule has 2 heterocycles. The zero-order chi connectivity index (χ0) is 33.2. The fraction of sp³-hybridized carbons (Fsp3) is 0.812. The first kappa shape index (κ1) is 37.4. The predicted octanol–water partition coefficient (Wildman–Crippen LogP) is 4.37. The molecular formula is C32H55FN4O7S. The summed E-state index contributed by atoms with van der Waals surface area (Å²) in [6, 6.07) is -0.362. The van der Waals surface area contributed by atoms with Crippen molar-refractivity contribution in [2.24, 2.45) is 11.8 Å². The van der Waals surface area contributed by atoms with Crippen molar-refractivity contribution in [1.29, 1.82) is 0 Å². The van der Waals surface area contributed by atoms with Gasteiger partial charge in [-0.2, -0.15) is 0 Å². The van der Waals surface area contributed by atoms with E-state index in [4.69, 9.17) is 18.9 Å². The normalized spacial score (nSPS) is 29.9. The van der Waals surface area contributed by atoms with Gasteiger partial charge in [0.05, 0.1) is 30.5 Å². The summed E-state index contributed by atoms with van der Waals surface area (Å²) in [5.74, 6) is 3.99. The Morgan fingerprint density at radius 2 is 1.80 bits per heavy atom. The third-order valence-corrected chi connectivity index (χ3v) is 11.1. The van der Waals surface area contributed by atoms with E-state index in [1.165, 1.54) is 11.1 Å². The monoisotopic (exact) mass is 658 g/mol. The highest BCUT2D eigenvalue weighted by Crippen LogP contribution is 2.61. The van der Waals surface area contributed by atoms with Gasteiger partial charge in [-0.05, 0) is 58.8 Å². The van der Waals surface area contributed by atoms with Gasteiger partial charge in [0.1, 0.15) is 18.8 Å². The molecule has 1 spiro atoms. The number of methoxy groups -OCH3 is 1. The van der Waals surface area contributed by atoms with Gasteiger partial charge < -0.3 is 34.9 Å². The van der Waals surface area contributed by atoms with E-state index in [0.29, 0.717) is 19.7 Å². The van der Waals surface area contributed by atoms with E-state index in [-0.39, 0.29) is 70.8 Å². The number of halogens is 1. The Balaban J connectivity index is 1.45. The number of carbonyl (C=O) groups excluding carboxylic acids is 3. The molecular weight excluding hydrogens is 603 g/mol. The minimum Gasteiger partial charge on any atom is -0.447 e. The lowest BCUT2D eigenvalue weighted by atomic mass is 9.69. The molecule has 0 aromatic rings. The fourth-order valence-corrected chi connectivity index (χ4v) is 7.95. The van der Waals surface area contributed by atoms with Crippen LogP contribution in [0.4, 0.5) is 14.1 Å². The van der Waals surface area contributed by atoms with Crippen LogP contribution in [0.3, 0.4) is 0 Å². The zero-order valence-corrected chi connectivity index (χ0v) is 28.7. The number of ether oxygens (including phenoxy) is 4. The standard InChI is InChI=1S/C32H55FN4O7S/c1-21(2)12-13-25-31(5,44-25)28-27(41-6)24(14-15-32(28)20-43-32)45(7)30(40)37-23(22(3)4)19-42-29(39)35-17-11-9-8-10-16-34-26(38)18-36-33/h12,22-25,27-28,36H,7-11,13-20H2,1-6H3,(H,34,38)(H,35,39)(H,37,40). The number of nitrogens with one attached hydrogen (secondary N) is 4. The van der Waals surface area contributed by atoms with Crippen molar-refractivity contribution in [2.75, 3.05) is 40.0 Å². The highest BCUT2D eigenvalue weighted by molar-refractivity contribution is 8.27. The van der Waals surface area contributed by atoms with Gasteiger partial charge >= 0.3 is 6.09 Å². The molecule has 2 saturated heterocycles. The average molecular weight is 659 g/mol. The molecule has 45 heavy (non-hydrogen) atoms. The van der Waals surface area contributed by atoms with Crippen LogP contribution in [0.15, 0.2) is 11.6 Å². The zero-order valence-electron chi connectivity index (χ0n) is 27.9. The van der Waals surface area contributed by atoms with E-state index < -0.39 is 16.6 Å². The number of hydrogen-bond acceptors (Lipinski definition) is 8. The SMILES string of the molecule is C=S(C(=O)NC(COC(=O)NCCCCCCNC(=O)CNF)C(C)C)C1CCC2(CO2)C(C2(C)OC2CC=C(C)C)C1OC. The quantitative estimate of drug-likeness (QED) is 0.0559. The molecule has 13 heteroatoms. The highest BCUT2D eigenvalue weighted by atomic mass is 32.2. The molecule has 4 N–H and O–H groups in total. The number of alkyl carbamates (subject to hydrolysis) is 1. The van der Waals surface area contributed by atoms with E-state index in [0.717, 1.165) is 44.9 Å². The molecule has 1 saturated carbocycles. The Morgan fingerprint density at radius 1 is 1.13 bits per heavy atom. The van der Waals surface area contributed by atoms with Crippen LogP contribution in [0.5, 0.6) is 0 Å². The van der Waals surface area contributed by atoms with Gasteiger partial charge in [0.25, 0.3) is 5.24 Å². The molecule has 3 aliphatic rings. The molecule has 0 aromatic heterocycles. The second-order valence-electron chi connectivity index (χ2n) is 13.2. The van der Waals surface area contributed by atoms with Gasteiger partial charge in [-0.1, -0.05) is 54.7 Å². The molecule has 2 aliphatic heterocycles. The summed E-state index contributed by atoms with van der Waals surface area (Å²) >= 11 is 0. The molecule has 0 bridgehead atoms. The number of epoxide rings is 2. The lowest BCUT2D eigenvalue weighted by Gasteiger charge is -2.44. The molecule has 258 valence electrons. The van der Waals surface area contributed by atoms with Gasteiger partial charge in [-0.15, -0.1) is 10.0 Å². The molecule has 3 rings (SSSR count). The second kappa shape index (κ2) is 17.2. The maximum absolute atomic E-state index is 13.6. The van der Waals surface area contributed by atoms with Crippen LogP contribution >= 0.6 is 10.5 Å². The summed E-state index contributed by atoms with van der Waals surface area (Å²) in [6.45, 7) is 11.6. The van der Waals surface area contributed by atoms with Crippen molar-refractivity contribution >= 4 is 33.6 Å². The predicted molar refractivity (Wildman–Crippen MR) is 175 cm³/mol. The lowest BCUT2D eigenvalue weighted by Crippen LogP contribution is -2.55. The maximum atomic E-state index is 13.6. The van der Waals surface area contributed by atoms with E-state index in [1.54, 1.807) is 7.11 Å². The van der Waals surface area contributed by atoms with Crippen molar-refractivity contribution in [1.82, 2.24) is 21.5 Å². The first-order valence-electron chi connectivity index (χ1n) is 16.2. The third kappa shape index (κ3) is 10.5. The summed E-state index contributed by atoms with van der Waals surface area (Å²) in [6.07, 6.45) is 7.28. The molecule has 8 unspecified atom stereocenters. The Kier molecular flexibility index (Phi) is 14.3. The average Bonchev–Trinajstić information content (AvgIpc) is 3.91. The second-order valence-corrected chi connectivity index (χ2v) is 15.1. The number of hydrogen-bond donors (Lipinski definition) is 4. The van der Waals surface area contributed by atoms with Crippen LogP contribution in [-0.2, 0) is 23.7 Å². The number of rotatable bonds is 18. The van der Waals surface area contributed by atoms with Gasteiger partial charge in [0.2, 0.25) is 5.91 Å². The van der Waals surface area contributed by atoms with Crippen molar-refractivity contribution in [3.05, 3.63) is 11.6 Å². The molecule has 0 aromatic carbocycles. The molecule has 8 atom stereocenters. The summed E-state index contributed by atoms with van der Waals surface area (Å²) in [7, 11) is 0.805. The van der Waals surface area contributed by atoms with Crippen LogP contribution < -0.4 is 21.5 Å². The summed E-state index contributed by atoms with van der Waals surface area (Å²) in [5.41, 5.74) is 1.94. The number of unbranched alkanes of at least 4 members (excludes halogenated alkanes) is 3. The number of allylic oxidation sites excluding steroid dienone is 1. The Morgan fingerprint density at radius 3 is 2.38 bits per heavy atom. The first-order valence-corrected chi connectivity index (χ1v) is 17.7. The lowest BCUT2D eigenvalue weighted by molar-refractivity contribution is -0.120. The smallest absolute Gasteiger partial charge is 0.407 e. The van der Waals surface area contributed by atoms with Crippen molar-refractivity contribution in [3.63, 3.8) is 0 Å². The summed E-state index contributed by atoms with van der Waals surface area (Å²) in [4.78, 5) is 37.1. The van der Waals surface area contributed by atoms with Crippen LogP contribution in [0.1, 0.15) is 79.6 Å². The van der Waals surface area contributed by atoms with Crippen LogP contribution in [0, 0.1) is 11.8 Å². The molecule has 1 aliphatic carbocycles. The fourth-order valence-electron chi connectivity index (χ4n) is 6.38. The van der Waals surface area contributed by atoms with Crippen LogP contribution in [0.2, 0.25) is 0 Å². The van der Waals surface area contributed by atoms with Crippen LogP contribution in [-0.4, -0.2) is 97.8 Å². The minimum atomic E-state index is -0.899. The number of amides is 3. The van der Waals surface area contributed by atoms with E-state index >= 15 is 0 Å². The van der Waals surface area contributed by atoms with E-state index in [9.17, 15) is 18.9 Å².